The van der Waals surface area contributed by atoms with Crippen molar-refractivity contribution in [3.63, 3.8) is 0 Å². The molecular weight excluding hydrogens is 438 g/mol. The van der Waals surface area contributed by atoms with E-state index in [1.807, 2.05) is 13.8 Å². The van der Waals surface area contributed by atoms with E-state index in [2.05, 4.69) is 0 Å². The van der Waals surface area contributed by atoms with E-state index < -0.39 is 28.4 Å². The van der Waals surface area contributed by atoms with Gasteiger partial charge in [0.05, 0.1) is 22.7 Å². The number of primary amides is 1. The maximum absolute atomic E-state index is 12.4. The smallest absolute Gasteiger partial charge is 0.266 e. The molecule has 8 nitrogen and oxygen atoms in total. The molecule has 3 aromatic carbocycles. The molecule has 0 saturated heterocycles. The standard InChI is InChI=1S/C21H21N3O5S2/c1-14-3-8-17(9-4-14)23(30(26)27)19-12-7-16(21(22)25)13-20(19)24(31(28)29)18-10-5-15(2)6-11-18/h3-13H,1-2H3,(H2,22,25)(H,26,27)(H,28,29). The molecule has 3 aromatic rings. The van der Waals surface area contributed by atoms with Crippen molar-refractivity contribution in [2.45, 2.75) is 13.8 Å². The molecule has 0 heterocycles. The number of amides is 1. The number of nitrogens with two attached hydrogens (primary N) is 1. The third-order valence-electron chi connectivity index (χ3n) is 4.55. The summed E-state index contributed by atoms with van der Waals surface area (Å²) in [6.07, 6.45) is 0. The Morgan fingerprint density at radius 3 is 1.55 bits per heavy atom. The highest BCUT2D eigenvalue weighted by molar-refractivity contribution is 7.81. The topological polar surface area (TPSA) is 124 Å². The van der Waals surface area contributed by atoms with Gasteiger partial charge in [-0.15, -0.1) is 0 Å². The van der Waals surface area contributed by atoms with Crippen molar-refractivity contribution in [3.8, 4) is 0 Å². The maximum Gasteiger partial charge on any atom is 0.266 e. The van der Waals surface area contributed by atoms with E-state index >= 15 is 0 Å². The Kier molecular flexibility index (Phi) is 6.86. The summed E-state index contributed by atoms with van der Waals surface area (Å²) >= 11 is -5.08. The Balaban J connectivity index is 2.28. The van der Waals surface area contributed by atoms with E-state index in [0.717, 1.165) is 19.7 Å². The summed E-state index contributed by atoms with van der Waals surface area (Å²) in [6, 6.07) is 17.8. The molecule has 0 bridgehead atoms. The zero-order chi connectivity index (χ0) is 22.7. The minimum absolute atomic E-state index is 0.0592. The van der Waals surface area contributed by atoms with E-state index in [1.54, 1.807) is 48.5 Å². The number of rotatable bonds is 7. The minimum atomic E-state index is -2.56. The quantitative estimate of drug-likeness (QED) is 0.462. The van der Waals surface area contributed by atoms with Crippen LogP contribution in [0.1, 0.15) is 21.5 Å². The SMILES string of the molecule is Cc1ccc(N(c2ccc(C(N)=O)cc2N(c2ccc(C)cc2)S(=O)O)S(=O)O)cc1. The lowest BCUT2D eigenvalue weighted by Crippen LogP contribution is -2.26. The minimum Gasteiger partial charge on any atom is -0.366 e. The molecule has 0 saturated carbocycles. The van der Waals surface area contributed by atoms with Gasteiger partial charge in [0, 0.05) is 5.56 Å². The molecule has 0 aliphatic heterocycles. The number of hydrogen-bond acceptors (Lipinski definition) is 3. The van der Waals surface area contributed by atoms with Crippen molar-refractivity contribution >= 4 is 51.2 Å². The van der Waals surface area contributed by atoms with E-state index in [4.69, 9.17) is 5.73 Å². The fraction of sp³-hybridized carbons (Fsp3) is 0.0952. The first-order valence-electron chi connectivity index (χ1n) is 9.08. The first-order chi connectivity index (χ1) is 14.7. The van der Waals surface area contributed by atoms with Crippen LogP contribution in [0.25, 0.3) is 0 Å². The highest BCUT2D eigenvalue weighted by Crippen LogP contribution is 2.40. The first kappa shape index (κ1) is 22.6. The van der Waals surface area contributed by atoms with Crippen LogP contribution < -0.4 is 14.3 Å². The number of nitrogens with zero attached hydrogens (tertiary/aromatic N) is 2. The Bertz CT molecular complexity index is 1150. The summed E-state index contributed by atoms with van der Waals surface area (Å²) in [4.78, 5) is 11.8. The highest BCUT2D eigenvalue weighted by Gasteiger charge is 2.26. The zero-order valence-electron chi connectivity index (χ0n) is 16.8. The fourth-order valence-corrected chi connectivity index (χ4v) is 4.24. The second-order valence-corrected chi connectivity index (χ2v) is 8.44. The summed E-state index contributed by atoms with van der Waals surface area (Å²) < 4.78 is 47.0. The molecule has 10 heteroatoms. The van der Waals surface area contributed by atoms with Gasteiger partial charge in [-0.05, 0) is 56.3 Å². The van der Waals surface area contributed by atoms with Crippen LogP contribution in [-0.2, 0) is 22.5 Å². The van der Waals surface area contributed by atoms with E-state index in [-0.39, 0.29) is 16.9 Å². The van der Waals surface area contributed by atoms with Gasteiger partial charge in [-0.3, -0.25) is 13.9 Å². The second kappa shape index (κ2) is 9.40. The maximum atomic E-state index is 12.4. The summed E-state index contributed by atoms with van der Waals surface area (Å²) in [5, 5.41) is 0. The zero-order valence-corrected chi connectivity index (χ0v) is 18.4. The van der Waals surface area contributed by atoms with Gasteiger partial charge in [0.25, 0.3) is 22.5 Å². The van der Waals surface area contributed by atoms with E-state index in [9.17, 15) is 22.3 Å². The number of carbonyl (C=O) groups is 1. The molecule has 0 aliphatic rings. The molecule has 2 unspecified atom stereocenters. The molecular formula is C21H21N3O5S2. The number of benzene rings is 3. The van der Waals surface area contributed by atoms with Crippen LogP contribution in [0.5, 0.6) is 0 Å². The third-order valence-corrected chi connectivity index (χ3v) is 5.99. The molecule has 0 aliphatic carbocycles. The molecule has 0 fully saturated rings. The van der Waals surface area contributed by atoms with Crippen molar-refractivity contribution in [2.24, 2.45) is 5.73 Å². The highest BCUT2D eigenvalue weighted by atomic mass is 32.2. The molecule has 0 spiro atoms. The molecule has 162 valence electrons. The van der Waals surface area contributed by atoms with Gasteiger partial charge in [0.1, 0.15) is 0 Å². The summed E-state index contributed by atoms with van der Waals surface area (Å²) in [5.74, 6) is -0.743. The molecule has 1 amide bonds. The second-order valence-electron chi connectivity index (χ2n) is 6.79. The monoisotopic (exact) mass is 459 g/mol. The lowest BCUT2D eigenvalue weighted by atomic mass is 10.1. The van der Waals surface area contributed by atoms with Crippen LogP contribution in [-0.4, -0.2) is 23.4 Å². The predicted octanol–water partition coefficient (Wildman–Crippen LogP) is 3.95. The van der Waals surface area contributed by atoms with Gasteiger partial charge >= 0.3 is 0 Å². The van der Waals surface area contributed by atoms with Crippen LogP contribution in [0.15, 0.2) is 66.7 Å². The molecule has 3 rings (SSSR count). The Hall–Kier alpha value is -3.05. The van der Waals surface area contributed by atoms with E-state index in [0.29, 0.717) is 11.4 Å². The van der Waals surface area contributed by atoms with Crippen LogP contribution in [0.2, 0.25) is 0 Å². The van der Waals surface area contributed by atoms with E-state index in [1.165, 1.54) is 18.2 Å². The van der Waals surface area contributed by atoms with Crippen LogP contribution in [0.4, 0.5) is 22.7 Å². The van der Waals surface area contributed by atoms with Crippen molar-refractivity contribution in [1.29, 1.82) is 0 Å². The lowest BCUT2D eigenvalue weighted by molar-refractivity contribution is 0.100. The number of anilines is 4. The Morgan fingerprint density at radius 1 is 0.742 bits per heavy atom. The van der Waals surface area contributed by atoms with Gasteiger partial charge < -0.3 is 5.73 Å². The number of carbonyl (C=O) groups excluding carboxylic acids is 1. The summed E-state index contributed by atoms with van der Waals surface area (Å²) in [5.41, 5.74) is 8.31. The molecule has 0 radical (unpaired) electrons. The van der Waals surface area contributed by atoms with Gasteiger partial charge in [-0.2, -0.15) is 0 Å². The van der Waals surface area contributed by atoms with Crippen LogP contribution in [0.3, 0.4) is 0 Å². The van der Waals surface area contributed by atoms with Crippen molar-refractivity contribution in [2.75, 3.05) is 8.61 Å². The van der Waals surface area contributed by atoms with Gasteiger partial charge in [-0.25, -0.2) is 17.0 Å². The number of aryl methyl sites for hydroxylation is 2. The predicted molar refractivity (Wildman–Crippen MR) is 123 cm³/mol. The van der Waals surface area contributed by atoms with Gasteiger partial charge in [0.2, 0.25) is 5.91 Å². The van der Waals surface area contributed by atoms with Crippen molar-refractivity contribution in [3.05, 3.63) is 83.4 Å². The van der Waals surface area contributed by atoms with Crippen molar-refractivity contribution in [1.82, 2.24) is 0 Å². The Morgan fingerprint density at radius 2 is 1.16 bits per heavy atom. The lowest BCUT2D eigenvalue weighted by Gasteiger charge is -2.28. The largest absolute Gasteiger partial charge is 0.366 e. The van der Waals surface area contributed by atoms with Crippen LogP contribution >= 0.6 is 0 Å². The normalized spacial score (nSPS) is 12.8. The van der Waals surface area contributed by atoms with Gasteiger partial charge in [0.15, 0.2) is 0 Å². The number of hydrogen-bond donors (Lipinski definition) is 3. The molecule has 31 heavy (non-hydrogen) atoms. The summed E-state index contributed by atoms with van der Waals surface area (Å²) in [7, 11) is 0. The van der Waals surface area contributed by atoms with Crippen LogP contribution in [0, 0.1) is 13.8 Å². The molecule has 2 atom stereocenters. The fourth-order valence-electron chi connectivity index (χ4n) is 3.00. The van der Waals surface area contributed by atoms with Gasteiger partial charge in [-0.1, -0.05) is 35.4 Å². The molecule has 0 aromatic heterocycles. The Labute approximate surface area is 185 Å². The molecule has 4 N–H and O–H groups in total. The first-order valence-corrected chi connectivity index (χ1v) is 11.2. The summed E-state index contributed by atoms with van der Waals surface area (Å²) in [6.45, 7) is 3.75. The van der Waals surface area contributed by atoms with Crippen molar-refractivity contribution < 1.29 is 22.3 Å². The third kappa shape index (κ3) is 5.00. The average Bonchev–Trinajstić information content (AvgIpc) is 2.71. The average molecular weight is 460 g/mol.